The quantitative estimate of drug-likeness (QED) is 0.609. The summed E-state index contributed by atoms with van der Waals surface area (Å²) in [4.78, 5) is 0. The Hall–Kier alpha value is -1.06. The van der Waals surface area contributed by atoms with Gasteiger partial charge in [-0.2, -0.15) is 0 Å². The molecule has 0 bridgehead atoms. The van der Waals surface area contributed by atoms with E-state index in [1.54, 1.807) is 0 Å². The third kappa shape index (κ3) is 6.29. The van der Waals surface area contributed by atoms with E-state index in [4.69, 9.17) is 9.15 Å². The Morgan fingerprint density at radius 1 is 1.29 bits per heavy atom. The Morgan fingerprint density at radius 2 is 2.00 bits per heavy atom. The summed E-state index contributed by atoms with van der Waals surface area (Å²) in [7, 11) is 0. The Morgan fingerprint density at radius 3 is 2.65 bits per heavy atom. The van der Waals surface area contributed by atoms with Crippen molar-refractivity contribution in [2.24, 2.45) is 0 Å². The van der Waals surface area contributed by atoms with Gasteiger partial charge in [0.05, 0.1) is 13.2 Å². The molecule has 3 nitrogen and oxygen atoms in total. The zero-order valence-corrected chi connectivity index (χ0v) is 11.2. The van der Waals surface area contributed by atoms with Crippen LogP contribution in [0.25, 0.3) is 0 Å². The van der Waals surface area contributed by atoms with Crippen LogP contribution in [0, 0.1) is 0 Å². The fraction of sp³-hybridized carbons (Fsp3) is 0.571. The van der Waals surface area contributed by atoms with Gasteiger partial charge in [-0.3, -0.25) is 0 Å². The van der Waals surface area contributed by atoms with Gasteiger partial charge in [0.15, 0.2) is 0 Å². The van der Waals surface area contributed by atoms with E-state index in [1.807, 2.05) is 31.2 Å². The largest absolute Gasteiger partial charge is 0.462 e. The van der Waals surface area contributed by atoms with Crippen LogP contribution in [0.1, 0.15) is 39.2 Å². The van der Waals surface area contributed by atoms with Crippen molar-refractivity contribution < 1.29 is 9.15 Å². The second-order valence-corrected chi connectivity index (χ2v) is 5.06. The highest BCUT2D eigenvalue weighted by molar-refractivity contribution is 5.06. The highest BCUT2D eigenvalue weighted by Gasteiger charge is 2.10. The van der Waals surface area contributed by atoms with Crippen LogP contribution in [0.15, 0.2) is 28.7 Å². The molecule has 0 aromatic carbocycles. The van der Waals surface area contributed by atoms with Gasteiger partial charge in [-0.15, -0.1) is 0 Å². The lowest BCUT2D eigenvalue weighted by atomic mass is 10.1. The zero-order chi connectivity index (χ0) is 12.7. The Labute approximate surface area is 104 Å². The number of allylic oxidation sites excluding steroid dienone is 1. The topological polar surface area (TPSA) is 34.4 Å². The molecular formula is C14H23NO2. The van der Waals surface area contributed by atoms with Gasteiger partial charge < -0.3 is 14.5 Å². The van der Waals surface area contributed by atoms with Gasteiger partial charge in [0, 0.05) is 5.54 Å². The Balaban J connectivity index is 2.32. The normalized spacial score (nSPS) is 12.5. The number of ether oxygens (including phenoxy) is 1. The molecule has 0 saturated carbocycles. The molecule has 1 N–H and O–H groups in total. The third-order valence-corrected chi connectivity index (χ3v) is 2.20. The van der Waals surface area contributed by atoms with E-state index in [1.165, 1.54) is 0 Å². The number of hydrogen-bond donors (Lipinski definition) is 1. The van der Waals surface area contributed by atoms with Gasteiger partial charge in [0.2, 0.25) is 0 Å². The SMILES string of the molecule is CC=CCOCc1ccc(CNC(C)(C)C)o1. The molecule has 0 aliphatic heterocycles. The molecule has 3 heteroatoms. The van der Waals surface area contributed by atoms with Crippen LogP contribution in [0.3, 0.4) is 0 Å². The molecule has 0 aliphatic rings. The maximum Gasteiger partial charge on any atom is 0.129 e. The van der Waals surface area contributed by atoms with Crippen molar-refractivity contribution in [3.05, 3.63) is 35.8 Å². The summed E-state index contributed by atoms with van der Waals surface area (Å²) in [6, 6.07) is 3.96. The first kappa shape index (κ1) is 14.0. The summed E-state index contributed by atoms with van der Waals surface area (Å²) >= 11 is 0. The third-order valence-electron chi connectivity index (χ3n) is 2.20. The maximum atomic E-state index is 5.65. The van der Waals surface area contributed by atoms with Gasteiger partial charge in [-0.25, -0.2) is 0 Å². The van der Waals surface area contributed by atoms with Crippen molar-refractivity contribution in [2.75, 3.05) is 6.61 Å². The first-order chi connectivity index (χ1) is 8.01. The number of nitrogens with one attached hydrogen (secondary N) is 1. The molecule has 0 fully saturated rings. The van der Waals surface area contributed by atoms with Crippen LogP contribution >= 0.6 is 0 Å². The number of rotatable bonds is 6. The van der Waals surface area contributed by atoms with Crippen molar-refractivity contribution in [2.45, 2.75) is 46.4 Å². The summed E-state index contributed by atoms with van der Waals surface area (Å²) < 4.78 is 11.1. The van der Waals surface area contributed by atoms with Gasteiger partial charge in [-0.1, -0.05) is 12.2 Å². The highest BCUT2D eigenvalue weighted by Crippen LogP contribution is 2.10. The molecule has 0 unspecified atom stereocenters. The van der Waals surface area contributed by atoms with Crippen LogP contribution in [0.2, 0.25) is 0 Å². The van der Waals surface area contributed by atoms with Crippen LogP contribution in [0.4, 0.5) is 0 Å². The zero-order valence-electron chi connectivity index (χ0n) is 11.2. The average molecular weight is 237 g/mol. The van der Waals surface area contributed by atoms with Crippen molar-refractivity contribution in [1.29, 1.82) is 0 Å². The van der Waals surface area contributed by atoms with E-state index in [0.29, 0.717) is 13.2 Å². The van der Waals surface area contributed by atoms with Crippen molar-refractivity contribution in [3.63, 3.8) is 0 Å². The molecule has 17 heavy (non-hydrogen) atoms. The van der Waals surface area contributed by atoms with E-state index in [0.717, 1.165) is 18.1 Å². The van der Waals surface area contributed by atoms with Crippen LogP contribution in [-0.4, -0.2) is 12.1 Å². The van der Waals surface area contributed by atoms with E-state index in [-0.39, 0.29) is 5.54 Å². The fourth-order valence-corrected chi connectivity index (χ4v) is 1.27. The van der Waals surface area contributed by atoms with Gasteiger partial charge >= 0.3 is 0 Å². The van der Waals surface area contributed by atoms with Crippen LogP contribution in [-0.2, 0) is 17.9 Å². The minimum Gasteiger partial charge on any atom is -0.462 e. The Bertz CT molecular complexity index is 347. The molecule has 1 heterocycles. The molecule has 1 rings (SSSR count). The lowest BCUT2D eigenvalue weighted by Gasteiger charge is -2.19. The smallest absolute Gasteiger partial charge is 0.129 e. The minimum atomic E-state index is 0.107. The maximum absolute atomic E-state index is 5.65. The van der Waals surface area contributed by atoms with Gasteiger partial charge in [-0.05, 0) is 39.8 Å². The summed E-state index contributed by atoms with van der Waals surface area (Å²) in [5, 5.41) is 3.38. The molecule has 0 spiro atoms. The van der Waals surface area contributed by atoms with E-state index in [2.05, 4.69) is 26.1 Å². The molecule has 0 saturated heterocycles. The standard InChI is InChI=1S/C14H23NO2/c1-5-6-9-16-11-13-8-7-12(17-13)10-15-14(2,3)4/h5-8,15H,9-11H2,1-4H3. The van der Waals surface area contributed by atoms with E-state index >= 15 is 0 Å². The first-order valence-corrected chi connectivity index (χ1v) is 6.03. The summed E-state index contributed by atoms with van der Waals surface area (Å²) in [6.45, 7) is 10.3. The second kappa shape index (κ2) is 6.62. The second-order valence-electron chi connectivity index (χ2n) is 5.06. The molecule has 1 aromatic rings. The van der Waals surface area contributed by atoms with E-state index in [9.17, 15) is 0 Å². The molecule has 0 amide bonds. The number of hydrogen-bond acceptors (Lipinski definition) is 3. The minimum absolute atomic E-state index is 0.107. The van der Waals surface area contributed by atoms with Gasteiger partial charge in [0.25, 0.3) is 0 Å². The van der Waals surface area contributed by atoms with E-state index < -0.39 is 0 Å². The summed E-state index contributed by atoms with van der Waals surface area (Å²) in [5.74, 6) is 1.82. The Kier molecular flexibility index (Phi) is 5.45. The molecule has 0 radical (unpaired) electrons. The predicted octanol–water partition coefficient (Wildman–Crippen LogP) is 3.26. The fourth-order valence-electron chi connectivity index (χ4n) is 1.27. The summed E-state index contributed by atoms with van der Waals surface area (Å²) in [6.07, 6.45) is 3.95. The highest BCUT2D eigenvalue weighted by atomic mass is 16.5. The molecule has 0 aliphatic carbocycles. The van der Waals surface area contributed by atoms with Crippen molar-refractivity contribution in [3.8, 4) is 0 Å². The lowest BCUT2D eigenvalue weighted by molar-refractivity contribution is 0.130. The average Bonchev–Trinajstić information content (AvgIpc) is 2.69. The molecule has 96 valence electrons. The van der Waals surface area contributed by atoms with Crippen molar-refractivity contribution in [1.82, 2.24) is 5.32 Å². The molecule has 1 aromatic heterocycles. The van der Waals surface area contributed by atoms with Gasteiger partial charge in [0.1, 0.15) is 18.1 Å². The van der Waals surface area contributed by atoms with Crippen LogP contribution in [0.5, 0.6) is 0 Å². The van der Waals surface area contributed by atoms with Crippen molar-refractivity contribution >= 4 is 0 Å². The monoisotopic (exact) mass is 237 g/mol. The summed E-state index contributed by atoms with van der Waals surface area (Å²) in [5.41, 5.74) is 0.107. The first-order valence-electron chi connectivity index (χ1n) is 6.03. The molecular weight excluding hydrogens is 214 g/mol. The van der Waals surface area contributed by atoms with Crippen LogP contribution < -0.4 is 5.32 Å². The molecule has 0 atom stereocenters. The predicted molar refractivity (Wildman–Crippen MR) is 69.8 cm³/mol. The lowest BCUT2D eigenvalue weighted by Crippen LogP contribution is -2.34. The number of furan rings is 1.